The van der Waals surface area contributed by atoms with E-state index < -0.39 is 0 Å². The Kier molecular flexibility index (Phi) is 3.29. The summed E-state index contributed by atoms with van der Waals surface area (Å²) in [4.78, 5) is 0.293. The lowest BCUT2D eigenvalue weighted by atomic mass is 9.93. The van der Waals surface area contributed by atoms with Crippen LogP contribution in [0.3, 0.4) is 0 Å². The van der Waals surface area contributed by atoms with Crippen molar-refractivity contribution in [3.63, 3.8) is 0 Å². The molecule has 5 heteroatoms. The Morgan fingerprint density at radius 2 is 2.00 bits per heavy atom. The molecule has 2 aromatic heterocycles. The summed E-state index contributed by atoms with van der Waals surface area (Å²) in [5.74, 6) is 1.53. The molecule has 2 heterocycles. The van der Waals surface area contributed by atoms with Crippen LogP contribution >= 0.6 is 12.2 Å². The highest BCUT2D eigenvalue weighted by Gasteiger charge is 2.19. The molecular formula is C14H12N2O2S. The van der Waals surface area contributed by atoms with Crippen molar-refractivity contribution in [3.8, 4) is 0 Å². The lowest BCUT2D eigenvalue weighted by molar-refractivity contribution is 0.437. The first-order chi connectivity index (χ1) is 9.33. The van der Waals surface area contributed by atoms with Crippen molar-refractivity contribution < 1.29 is 8.83 Å². The zero-order chi connectivity index (χ0) is 13.1. The van der Waals surface area contributed by atoms with E-state index in [2.05, 4.69) is 22.3 Å². The minimum Gasteiger partial charge on any atom is -0.469 e. The molecule has 4 nitrogen and oxygen atoms in total. The molecule has 3 aromatic rings. The van der Waals surface area contributed by atoms with E-state index in [0.29, 0.717) is 17.1 Å². The average molecular weight is 272 g/mol. The van der Waals surface area contributed by atoms with E-state index >= 15 is 0 Å². The van der Waals surface area contributed by atoms with E-state index in [1.165, 1.54) is 0 Å². The van der Waals surface area contributed by atoms with Crippen molar-refractivity contribution in [1.29, 1.82) is 0 Å². The van der Waals surface area contributed by atoms with Crippen LogP contribution < -0.4 is 0 Å². The third kappa shape index (κ3) is 2.66. The summed E-state index contributed by atoms with van der Waals surface area (Å²) >= 11 is 4.89. The summed E-state index contributed by atoms with van der Waals surface area (Å²) in [7, 11) is 0. The minimum atomic E-state index is 0.0673. The fraction of sp³-hybridized carbons (Fsp3) is 0.143. The minimum absolute atomic E-state index is 0.0673. The van der Waals surface area contributed by atoms with Gasteiger partial charge in [0.05, 0.1) is 12.2 Å². The molecule has 0 radical (unpaired) electrons. The molecular weight excluding hydrogens is 260 g/mol. The van der Waals surface area contributed by atoms with Gasteiger partial charge in [-0.25, -0.2) is 5.10 Å². The van der Waals surface area contributed by atoms with Crippen LogP contribution in [0.4, 0.5) is 0 Å². The first-order valence-corrected chi connectivity index (χ1v) is 6.36. The molecule has 1 N–H and O–H groups in total. The number of benzene rings is 1. The molecule has 1 aromatic carbocycles. The molecule has 3 rings (SSSR count). The maximum atomic E-state index is 5.52. The lowest BCUT2D eigenvalue weighted by Gasteiger charge is -2.12. The number of nitrogens with zero attached hydrogens (tertiary/aromatic N) is 1. The lowest BCUT2D eigenvalue weighted by Crippen LogP contribution is -2.04. The van der Waals surface area contributed by atoms with Gasteiger partial charge in [-0.2, -0.15) is 0 Å². The van der Waals surface area contributed by atoms with Crippen LogP contribution in [0.5, 0.6) is 0 Å². The van der Waals surface area contributed by atoms with Gasteiger partial charge in [-0.1, -0.05) is 30.3 Å². The Hall–Kier alpha value is -2.14. The van der Waals surface area contributed by atoms with Crippen LogP contribution in [0.25, 0.3) is 0 Å². The number of aromatic amines is 1. The van der Waals surface area contributed by atoms with Gasteiger partial charge in [-0.3, -0.25) is 0 Å². The second-order valence-corrected chi connectivity index (χ2v) is 4.56. The molecule has 0 amide bonds. The maximum absolute atomic E-state index is 5.52. The number of hydrogen-bond acceptors (Lipinski definition) is 4. The second kappa shape index (κ2) is 5.24. The standard InChI is InChI=1S/C14H12N2O2S/c19-14-16-15-13(18-14)9-11(12-7-4-8-17-12)10-5-2-1-3-6-10/h1-8,11H,9H2,(H,16,19)/t11-/m0/s1. The Balaban J connectivity index is 1.95. The van der Waals surface area contributed by atoms with Crippen LogP contribution in [0.1, 0.15) is 23.1 Å². The number of H-pyrrole nitrogens is 1. The van der Waals surface area contributed by atoms with Crippen LogP contribution in [-0.2, 0) is 6.42 Å². The van der Waals surface area contributed by atoms with Crippen molar-refractivity contribution in [2.45, 2.75) is 12.3 Å². The van der Waals surface area contributed by atoms with E-state index in [9.17, 15) is 0 Å². The SMILES string of the molecule is S=c1[nH]nc(C[C@@H](c2ccccc2)c2ccco2)o1. The molecule has 19 heavy (non-hydrogen) atoms. The number of rotatable bonds is 4. The molecule has 0 fully saturated rings. The number of hydrogen-bond donors (Lipinski definition) is 1. The first-order valence-electron chi connectivity index (χ1n) is 5.95. The molecule has 0 aliphatic rings. The van der Waals surface area contributed by atoms with Crippen LogP contribution in [0.2, 0.25) is 0 Å². The van der Waals surface area contributed by atoms with Gasteiger partial charge in [0, 0.05) is 6.42 Å². The quantitative estimate of drug-likeness (QED) is 0.736. The topological polar surface area (TPSA) is 55.0 Å². The van der Waals surface area contributed by atoms with E-state index in [1.54, 1.807) is 6.26 Å². The van der Waals surface area contributed by atoms with E-state index in [0.717, 1.165) is 11.3 Å². The molecule has 0 saturated heterocycles. The third-order valence-electron chi connectivity index (χ3n) is 2.95. The predicted octanol–water partition coefficient (Wildman–Crippen LogP) is 3.70. The van der Waals surface area contributed by atoms with Gasteiger partial charge in [-0.05, 0) is 29.9 Å². The van der Waals surface area contributed by atoms with Crippen molar-refractivity contribution in [3.05, 3.63) is 70.8 Å². The Labute approximate surface area is 115 Å². The molecule has 0 spiro atoms. The summed E-state index contributed by atoms with van der Waals surface area (Å²) in [6.45, 7) is 0. The van der Waals surface area contributed by atoms with Crippen molar-refractivity contribution >= 4 is 12.2 Å². The van der Waals surface area contributed by atoms with Crippen molar-refractivity contribution in [2.75, 3.05) is 0 Å². The van der Waals surface area contributed by atoms with Gasteiger partial charge < -0.3 is 8.83 Å². The van der Waals surface area contributed by atoms with Crippen molar-refractivity contribution in [1.82, 2.24) is 10.2 Å². The summed E-state index contributed by atoms with van der Waals surface area (Å²) in [6.07, 6.45) is 2.27. The van der Waals surface area contributed by atoms with Gasteiger partial charge in [0.1, 0.15) is 5.76 Å². The fourth-order valence-electron chi connectivity index (χ4n) is 2.08. The first kappa shape index (κ1) is 11.9. The van der Waals surface area contributed by atoms with E-state index in [4.69, 9.17) is 21.1 Å². The van der Waals surface area contributed by atoms with E-state index in [-0.39, 0.29) is 5.92 Å². The van der Waals surface area contributed by atoms with Crippen LogP contribution in [-0.4, -0.2) is 10.2 Å². The summed E-state index contributed by atoms with van der Waals surface area (Å²) in [6, 6.07) is 14.0. The molecule has 1 atom stereocenters. The second-order valence-electron chi connectivity index (χ2n) is 4.19. The Morgan fingerprint density at radius 3 is 2.63 bits per heavy atom. The van der Waals surface area contributed by atoms with Gasteiger partial charge in [0.25, 0.3) is 4.84 Å². The average Bonchev–Trinajstić information content (AvgIpc) is 3.08. The normalized spacial score (nSPS) is 12.4. The molecule has 0 unspecified atom stereocenters. The molecule has 0 saturated carbocycles. The molecule has 0 aliphatic heterocycles. The fourth-order valence-corrected chi connectivity index (χ4v) is 2.22. The summed E-state index contributed by atoms with van der Waals surface area (Å²) in [5.41, 5.74) is 1.15. The number of aromatic nitrogens is 2. The Bertz CT molecular complexity index is 686. The van der Waals surface area contributed by atoms with Gasteiger partial charge in [0.15, 0.2) is 0 Å². The summed E-state index contributed by atoms with van der Waals surface area (Å²) < 4.78 is 10.9. The van der Waals surface area contributed by atoms with Crippen LogP contribution in [0.15, 0.2) is 57.6 Å². The highest BCUT2D eigenvalue weighted by atomic mass is 32.1. The summed E-state index contributed by atoms with van der Waals surface area (Å²) in [5, 5.41) is 6.69. The number of furan rings is 1. The van der Waals surface area contributed by atoms with Gasteiger partial charge in [0.2, 0.25) is 5.89 Å². The zero-order valence-electron chi connectivity index (χ0n) is 10.1. The van der Waals surface area contributed by atoms with E-state index in [1.807, 2.05) is 30.3 Å². The smallest absolute Gasteiger partial charge is 0.284 e. The largest absolute Gasteiger partial charge is 0.469 e. The van der Waals surface area contributed by atoms with Gasteiger partial charge >= 0.3 is 0 Å². The van der Waals surface area contributed by atoms with Crippen molar-refractivity contribution in [2.24, 2.45) is 0 Å². The Morgan fingerprint density at radius 1 is 1.16 bits per heavy atom. The monoisotopic (exact) mass is 272 g/mol. The zero-order valence-corrected chi connectivity index (χ0v) is 10.9. The molecule has 0 aliphatic carbocycles. The predicted molar refractivity (Wildman–Crippen MR) is 72.4 cm³/mol. The maximum Gasteiger partial charge on any atom is 0.284 e. The van der Waals surface area contributed by atoms with Crippen LogP contribution in [0, 0.1) is 4.84 Å². The highest BCUT2D eigenvalue weighted by Crippen LogP contribution is 2.28. The third-order valence-corrected chi connectivity index (χ3v) is 3.12. The highest BCUT2D eigenvalue weighted by molar-refractivity contribution is 7.71. The van der Waals surface area contributed by atoms with Gasteiger partial charge in [-0.15, -0.1) is 5.10 Å². The molecule has 96 valence electrons. The molecule has 0 bridgehead atoms. The number of nitrogens with one attached hydrogen (secondary N) is 1.